The van der Waals surface area contributed by atoms with Crippen molar-refractivity contribution in [2.75, 3.05) is 27.2 Å². The fourth-order valence-corrected chi connectivity index (χ4v) is 3.80. The highest BCUT2D eigenvalue weighted by Crippen LogP contribution is 2.27. The molecule has 0 saturated carbocycles. The van der Waals surface area contributed by atoms with Gasteiger partial charge < -0.3 is 19.4 Å². The van der Waals surface area contributed by atoms with Gasteiger partial charge in [0.1, 0.15) is 17.2 Å². The summed E-state index contributed by atoms with van der Waals surface area (Å²) in [5.41, 5.74) is 1.41. The van der Waals surface area contributed by atoms with Crippen LogP contribution in [-0.4, -0.2) is 62.6 Å². The number of hydrogen-bond acceptors (Lipinski definition) is 5. The first-order chi connectivity index (χ1) is 12.8. The molecule has 1 saturated heterocycles. The van der Waals surface area contributed by atoms with Crippen molar-refractivity contribution in [3.63, 3.8) is 0 Å². The molecule has 3 heterocycles. The van der Waals surface area contributed by atoms with Crippen LogP contribution in [0, 0.1) is 13.8 Å². The van der Waals surface area contributed by atoms with Gasteiger partial charge in [0.2, 0.25) is 0 Å². The summed E-state index contributed by atoms with van der Waals surface area (Å²) < 4.78 is 2.03. The standard InChI is InChI=1S/C19H28N6O2/c1-12-9-13(2)20-18(26)16(12)19(27)25-8-6-7-14(10-25)17-22-21-15(24(17)5)11-23(3)4/h9,14H,6-8,10-11H2,1-5H3,(H,20,26)/t14-/m0/s1. The molecule has 1 aliphatic heterocycles. The zero-order valence-electron chi connectivity index (χ0n) is 16.7. The van der Waals surface area contributed by atoms with Crippen LogP contribution in [0.2, 0.25) is 0 Å². The highest BCUT2D eigenvalue weighted by Gasteiger charge is 2.30. The number of rotatable bonds is 4. The van der Waals surface area contributed by atoms with Crippen LogP contribution in [0.5, 0.6) is 0 Å². The zero-order valence-corrected chi connectivity index (χ0v) is 16.7. The Balaban J connectivity index is 1.82. The lowest BCUT2D eigenvalue weighted by molar-refractivity contribution is 0.0700. The van der Waals surface area contributed by atoms with Gasteiger partial charge in [-0.25, -0.2) is 0 Å². The number of aryl methyl sites for hydroxylation is 2. The monoisotopic (exact) mass is 372 g/mol. The Hall–Kier alpha value is -2.48. The fraction of sp³-hybridized carbons (Fsp3) is 0.579. The van der Waals surface area contributed by atoms with Crippen molar-refractivity contribution < 1.29 is 4.79 Å². The predicted octanol–water partition coefficient (Wildman–Crippen LogP) is 1.20. The molecular formula is C19H28N6O2. The molecule has 1 aliphatic rings. The molecule has 0 aliphatic carbocycles. The topological polar surface area (TPSA) is 87.1 Å². The quantitative estimate of drug-likeness (QED) is 0.871. The van der Waals surface area contributed by atoms with Gasteiger partial charge in [-0.3, -0.25) is 9.59 Å². The maximum absolute atomic E-state index is 13.0. The Labute approximate surface area is 159 Å². The lowest BCUT2D eigenvalue weighted by atomic mass is 9.96. The summed E-state index contributed by atoms with van der Waals surface area (Å²) in [6, 6.07) is 1.84. The number of carbonyl (C=O) groups excluding carboxylic acids is 1. The molecule has 2 aromatic heterocycles. The van der Waals surface area contributed by atoms with Gasteiger partial charge in [-0.15, -0.1) is 10.2 Å². The summed E-state index contributed by atoms with van der Waals surface area (Å²) in [7, 11) is 5.97. The highest BCUT2D eigenvalue weighted by atomic mass is 16.2. The number of carbonyl (C=O) groups is 1. The third-order valence-corrected chi connectivity index (χ3v) is 5.11. The summed E-state index contributed by atoms with van der Waals surface area (Å²) in [5.74, 6) is 1.73. The molecule has 1 fully saturated rings. The minimum Gasteiger partial charge on any atom is -0.338 e. The summed E-state index contributed by atoms with van der Waals surface area (Å²) in [6.07, 6.45) is 1.84. The van der Waals surface area contributed by atoms with E-state index in [-0.39, 0.29) is 22.9 Å². The van der Waals surface area contributed by atoms with Gasteiger partial charge in [0.25, 0.3) is 11.5 Å². The second-order valence-electron chi connectivity index (χ2n) is 7.70. The molecule has 1 atom stereocenters. The summed E-state index contributed by atoms with van der Waals surface area (Å²) >= 11 is 0. The lowest BCUT2D eigenvalue weighted by Crippen LogP contribution is -2.42. The molecule has 27 heavy (non-hydrogen) atoms. The van der Waals surface area contributed by atoms with E-state index in [1.54, 1.807) is 4.90 Å². The molecule has 8 heteroatoms. The molecular weight excluding hydrogens is 344 g/mol. The normalized spacial score (nSPS) is 17.6. The molecule has 146 valence electrons. The average molecular weight is 372 g/mol. The first kappa shape index (κ1) is 19.3. The van der Waals surface area contributed by atoms with E-state index in [0.717, 1.165) is 42.3 Å². The maximum Gasteiger partial charge on any atom is 0.261 e. The molecule has 8 nitrogen and oxygen atoms in total. The van der Waals surface area contributed by atoms with Crippen LogP contribution >= 0.6 is 0 Å². The third-order valence-electron chi connectivity index (χ3n) is 5.11. The van der Waals surface area contributed by atoms with E-state index in [4.69, 9.17) is 0 Å². The van der Waals surface area contributed by atoms with E-state index in [1.807, 2.05) is 45.6 Å². The maximum atomic E-state index is 13.0. The Bertz CT molecular complexity index is 898. The van der Waals surface area contributed by atoms with Gasteiger partial charge in [0.15, 0.2) is 0 Å². The zero-order chi connectivity index (χ0) is 19.7. The second-order valence-corrected chi connectivity index (χ2v) is 7.70. The number of aromatic nitrogens is 4. The van der Waals surface area contributed by atoms with Gasteiger partial charge in [-0.1, -0.05) is 0 Å². The number of pyridine rings is 1. The van der Waals surface area contributed by atoms with Crippen molar-refractivity contribution in [2.45, 2.75) is 39.2 Å². The van der Waals surface area contributed by atoms with E-state index in [2.05, 4.69) is 20.1 Å². The number of H-pyrrole nitrogens is 1. The Morgan fingerprint density at radius 3 is 2.74 bits per heavy atom. The highest BCUT2D eigenvalue weighted by molar-refractivity contribution is 5.95. The van der Waals surface area contributed by atoms with Crippen molar-refractivity contribution in [3.8, 4) is 0 Å². The fourth-order valence-electron chi connectivity index (χ4n) is 3.80. The van der Waals surface area contributed by atoms with Crippen molar-refractivity contribution >= 4 is 5.91 Å². The van der Waals surface area contributed by atoms with Crippen LogP contribution < -0.4 is 5.56 Å². The summed E-state index contributed by atoms with van der Waals surface area (Å²) in [5, 5.41) is 8.70. The van der Waals surface area contributed by atoms with E-state index in [1.165, 1.54) is 0 Å². The first-order valence-corrected chi connectivity index (χ1v) is 9.30. The van der Waals surface area contributed by atoms with E-state index < -0.39 is 0 Å². The summed E-state index contributed by atoms with van der Waals surface area (Å²) in [6.45, 7) is 5.56. The molecule has 0 aromatic carbocycles. The molecule has 0 radical (unpaired) electrons. The van der Waals surface area contributed by atoms with Crippen molar-refractivity contribution in [2.24, 2.45) is 7.05 Å². The molecule has 0 bridgehead atoms. The van der Waals surface area contributed by atoms with Crippen molar-refractivity contribution in [1.82, 2.24) is 29.5 Å². The van der Waals surface area contributed by atoms with Gasteiger partial charge in [0.05, 0.1) is 6.54 Å². The predicted molar refractivity (Wildman–Crippen MR) is 103 cm³/mol. The number of nitrogens with one attached hydrogen (secondary N) is 1. The molecule has 2 aromatic rings. The van der Waals surface area contributed by atoms with Crippen molar-refractivity contribution in [1.29, 1.82) is 0 Å². The SMILES string of the molecule is Cc1cc(C)c(C(=O)N2CCC[C@H](c3nnc(CN(C)C)n3C)C2)c(=O)[nH]1. The Morgan fingerprint density at radius 2 is 2.07 bits per heavy atom. The minimum atomic E-state index is -0.313. The van der Waals surface area contributed by atoms with Gasteiger partial charge >= 0.3 is 0 Å². The number of piperidine rings is 1. The molecule has 1 amide bonds. The molecule has 1 N–H and O–H groups in total. The van der Waals surface area contributed by atoms with Crippen LogP contribution in [0.4, 0.5) is 0 Å². The largest absolute Gasteiger partial charge is 0.338 e. The third kappa shape index (κ3) is 3.95. The second kappa shape index (κ2) is 7.64. The van der Waals surface area contributed by atoms with Crippen LogP contribution in [0.15, 0.2) is 10.9 Å². The number of hydrogen-bond donors (Lipinski definition) is 1. The summed E-state index contributed by atoms with van der Waals surface area (Å²) in [4.78, 5) is 31.9. The number of aromatic amines is 1. The lowest BCUT2D eigenvalue weighted by Gasteiger charge is -2.32. The Kier molecular flexibility index (Phi) is 5.46. The first-order valence-electron chi connectivity index (χ1n) is 9.30. The van der Waals surface area contributed by atoms with E-state index in [0.29, 0.717) is 13.1 Å². The smallest absolute Gasteiger partial charge is 0.261 e. The minimum absolute atomic E-state index is 0.126. The number of nitrogens with zero attached hydrogens (tertiary/aromatic N) is 5. The van der Waals surface area contributed by atoms with Gasteiger partial charge in [-0.2, -0.15) is 0 Å². The molecule has 0 unspecified atom stereocenters. The number of amides is 1. The van der Waals surface area contributed by atoms with Crippen LogP contribution in [0.1, 0.15) is 52.0 Å². The van der Waals surface area contributed by atoms with Crippen LogP contribution in [0.25, 0.3) is 0 Å². The average Bonchev–Trinajstić information content (AvgIpc) is 2.94. The number of likely N-dealkylation sites (tertiary alicyclic amines) is 1. The Morgan fingerprint density at radius 1 is 1.33 bits per heavy atom. The van der Waals surface area contributed by atoms with E-state index in [9.17, 15) is 9.59 Å². The van der Waals surface area contributed by atoms with Crippen LogP contribution in [-0.2, 0) is 13.6 Å². The van der Waals surface area contributed by atoms with Crippen molar-refractivity contribution in [3.05, 3.63) is 44.9 Å². The molecule has 0 spiro atoms. The van der Waals surface area contributed by atoms with E-state index >= 15 is 0 Å². The molecule has 3 rings (SSSR count). The van der Waals surface area contributed by atoms with Gasteiger partial charge in [-0.05, 0) is 52.4 Å². The van der Waals surface area contributed by atoms with Crippen LogP contribution in [0.3, 0.4) is 0 Å². The van der Waals surface area contributed by atoms with Gasteiger partial charge in [0, 0.05) is 31.7 Å².